The number of benzene rings is 1. The van der Waals surface area contributed by atoms with Crippen molar-refractivity contribution in [2.24, 2.45) is 5.92 Å². The van der Waals surface area contributed by atoms with Crippen LogP contribution in [0.25, 0.3) is 0 Å². The van der Waals surface area contributed by atoms with E-state index >= 15 is 0 Å². The first kappa shape index (κ1) is 24.8. The minimum Gasteiger partial charge on any atom is -0.349 e. The van der Waals surface area contributed by atoms with E-state index in [1.54, 1.807) is 0 Å². The van der Waals surface area contributed by atoms with E-state index in [1.165, 1.54) is 18.1 Å². The second-order valence-corrected chi connectivity index (χ2v) is 10.9. The van der Waals surface area contributed by atoms with E-state index in [0.29, 0.717) is 18.9 Å². The Morgan fingerprint density at radius 3 is 2.66 bits per heavy atom. The van der Waals surface area contributed by atoms with Gasteiger partial charge in [-0.25, -0.2) is 0 Å². The number of halogens is 1. The molecule has 1 aromatic rings. The number of nitrogens with one attached hydrogen (secondary N) is 2. The third-order valence-electron chi connectivity index (χ3n) is 6.78. The van der Waals surface area contributed by atoms with E-state index in [0.717, 1.165) is 43.8 Å². The third kappa shape index (κ3) is 5.55. The maximum absolute atomic E-state index is 13.6. The Kier molecular flexibility index (Phi) is 7.72. The summed E-state index contributed by atoms with van der Waals surface area (Å²) in [5.74, 6) is -0.231. The van der Waals surface area contributed by atoms with Crippen molar-refractivity contribution in [3.8, 4) is 0 Å². The average molecular weight is 460 g/mol. The lowest BCUT2D eigenvalue weighted by atomic mass is 9.77. The maximum Gasteiger partial charge on any atom is 0.246 e. The molecule has 2 aliphatic rings. The molecular formula is C26H38ClN3O2. The minimum absolute atomic E-state index is 0.0337. The van der Waals surface area contributed by atoms with Crippen LogP contribution in [0.5, 0.6) is 0 Å². The molecule has 2 amide bonds. The van der Waals surface area contributed by atoms with Crippen molar-refractivity contribution < 1.29 is 9.59 Å². The molecule has 1 fully saturated rings. The zero-order valence-electron chi connectivity index (χ0n) is 20.0. The first-order valence-corrected chi connectivity index (χ1v) is 12.2. The van der Waals surface area contributed by atoms with Gasteiger partial charge in [0.15, 0.2) is 0 Å². The number of hydrogen-bond acceptors (Lipinski definition) is 3. The summed E-state index contributed by atoms with van der Waals surface area (Å²) in [6, 6.07) is 6.58. The third-order valence-corrected chi connectivity index (χ3v) is 7.02. The van der Waals surface area contributed by atoms with Gasteiger partial charge in [0.2, 0.25) is 11.8 Å². The summed E-state index contributed by atoms with van der Waals surface area (Å²) in [6.45, 7) is 13.0. The molecule has 3 rings (SSSR count). The van der Waals surface area contributed by atoms with E-state index in [-0.39, 0.29) is 23.3 Å². The lowest BCUT2D eigenvalue weighted by Gasteiger charge is -2.41. The van der Waals surface area contributed by atoms with Crippen molar-refractivity contribution in [2.75, 3.05) is 13.1 Å². The van der Waals surface area contributed by atoms with Crippen molar-refractivity contribution in [3.05, 3.63) is 47.0 Å². The van der Waals surface area contributed by atoms with Gasteiger partial charge < -0.3 is 10.6 Å². The number of carbonyl (C=O) groups is 2. The Hall–Kier alpha value is -1.85. The number of likely N-dealkylation sites (tertiary alicyclic amines) is 1. The summed E-state index contributed by atoms with van der Waals surface area (Å²) < 4.78 is 0. The van der Waals surface area contributed by atoms with Gasteiger partial charge in [0.05, 0.1) is 0 Å². The SMILES string of the molecule is C=CCCC(NC(C)=O)(C(=O)NC(C)(C)C)C1CCN(C2CCCc3cc(Cl)ccc32)C1. The summed E-state index contributed by atoms with van der Waals surface area (Å²) in [7, 11) is 0. The molecule has 0 radical (unpaired) electrons. The van der Waals surface area contributed by atoms with Crippen LogP contribution in [0.3, 0.4) is 0 Å². The smallest absolute Gasteiger partial charge is 0.246 e. The number of hydrogen-bond donors (Lipinski definition) is 2. The van der Waals surface area contributed by atoms with Crippen LogP contribution < -0.4 is 10.6 Å². The molecule has 0 spiro atoms. The molecular weight excluding hydrogens is 422 g/mol. The molecule has 2 N–H and O–H groups in total. The molecule has 176 valence electrons. The average Bonchev–Trinajstić information content (AvgIpc) is 3.19. The molecule has 32 heavy (non-hydrogen) atoms. The molecule has 1 aliphatic heterocycles. The van der Waals surface area contributed by atoms with Gasteiger partial charge in [-0.3, -0.25) is 14.5 Å². The Morgan fingerprint density at radius 1 is 1.25 bits per heavy atom. The number of nitrogens with zero attached hydrogens (tertiary/aromatic N) is 1. The highest BCUT2D eigenvalue weighted by Crippen LogP contribution is 2.41. The van der Waals surface area contributed by atoms with Gasteiger partial charge in [0, 0.05) is 36.0 Å². The molecule has 3 atom stereocenters. The Labute approximate surface area is 198 Å². The number of aryl methyl sites for hydroxylation is 1. The normalized spacial score (nSPS) is 23.2. The zero-order valence-corrected chi connectivity index (χ0v) is 20.7. The van der Waals surface area contributed by atoms with Crippen LogP contribution >= 0.6 is 11.6 Å². The van der Waals surface area contributed by atoms with Crippen LogP contribution in [-0.4, -0.2) is 40.9 Å². The molecule has 0 aromatic heterocycles. The molecule has 5 nitrogen and oxygen atoms in total. The van der Waals surface area contributed by atoms with E-state index in [1.807, 2.05) is 32.9 Å². The molecule has 0 bridgehead atoms. The molecule has 0 saturated carbocycles. The van der Waals surface area contributed by atoms with Crippen LogP contribution in [0, 0.1) is 5.92 Å². The predicted octanol–water partition coefficient (Wildman–Crippen LogP) is 4.80. The first-order chi connectivity index (χ1) is 15.1. The van der Waals surface area contributed by atoms with Crippen molar-refractivity contribution in [1.29, 1.82) is 0 Å². The molecule has 1 aliphatic carbocycles. The minimum atomic E-state index is -0.945. The Balaban J connectivity index is 1.89. The summed E-state index contributed by atoms with van der Waals surface area (Å²) in [5, 5.41) is 7.03. The van der Waals surface area contributed by atoms with Gasteiger partial charge in [0.1, 0.15) is 5.54 Å². The van der Waals surface area contributed by atoms with Gasteiger partial charge >= 0.3 is 0 Å². The van der Waals surface area contributed by atoms with Crippen molar-refractivity contribution >= 4 is 23.4 Å². The van der Waals surface area contributed by atoms with Gasteiger partial charge in [-0.15, -0.1) is 6.58 Å². The zero-order chi connectivity index (χ0) is 23.5. The fraction of sp³-hybridized carbons (Fsp3) is 0.615. The van der Waals surface area contributed by atoms with Gasteiger partial charge in [0.25, 0.3) is 0 Å². The summed E-state index contributed by atoms with van der Waals surface area (Å²) >= 11 is 6.25. The lowest BCUT2D eigenvalue weighted by molar-refractivity contribution is -0.136. The number of carbonyl (C=O) groups excluding carboxylic acids is 2. The van der Waals surface area contributed by atoms with Crippen LogP contribution in [0.15, 0.2) is 30.9 Å². The number of fused-ring (bicyclic) bond motifs is 1. The number of rotatable bonds is 7. The van der Waals surface area contributed by atoms with Crippen LogP contribution in [0.1, 0.15) is 77.0 Å². The summed E-state index contributed by atoms with van der Waals surface area (Å²) in [5.41, 5.74) is 1.37. The van der Waals surface area contributed by atoms with Crippen molar-refractivity contribution in [3.63, 3.8) is 0 Å². The van der Waals surface area contributed by atoms with E-state index < -0.39 is 5.54 Å². The second-order valence-electron chi connectivity index (χ2n) is 10.4. The topological polar surface area (TPSA) is 61.4 Å². The molecule has 6 heteroatoms. The van der Waals surface area contributed by atoms with Crippen molar-refractivity contribution in [1.82, 2.24) is 15.5 Å². The molecule has 1 heterocycles. The van der Waals surface area contributed by atoms with E-state index in [2.05, 4.69) is 34.2 Å². The highest BCUT2D eigenvalue weighted by atomic mass is 35.5. The fourth-order valence-corrected chi connectivity index (χ4v) is 5.62. The Morgan fingerprint density at radius 2 is 2.00 bits per heavy atom. The summed E-state index contributed by atoms with van der Waals surface area (Å²) in [6.07, 6.45) is 7.22. The predicted molar refractivity (Wildman–Crippen MR) is 131 cm³/mol. The van der Waals surface area contributed by atoms with Crippen molar-refractivity contribution in [2.45, 2.75) is 83.3 Å². The fourth-order valence-electron chi connectivity index (χ4n) is 5.43. The highest BCUT2D eigenvalue weighted by Gasteiger charge is 2.49. The number of allylic oxidation sites excluding steroid dienone is 1. The molecule has 3 unspecified atom stereocenters. The Bertz CT molecular complexity index is 863. The standard InChI is InChI=1S/C26H38ClN3O2/c1-6-7-14-26(28-18(2)31,24(32)29-25(3,4)5)20-13-15-30(17-20)23-10-8-9-19-16-21(27)11-12-22(19)23/h6,11-12,16,20,23H,1,7-10,13-15,17H2,2-5H3,(H,28,31)(H,29,32). The first-order valence-electron chi connectivity index (χ1n) is 11.8. The van der Waals surface area contributed by atoms with E-state index in [9.17, 15) is 9.59 Å². The monoisotopic (exact) mass is 459 g/mol. The van der Waals surface area contributed by atoms with Gasteiger partial charge in [-0.1, -0.05) is 23.7 Å². The van der Waals surface area contributed by atoms with Gasteiger partial charge in [-0.05, 0) is 89.1 Å². The summed E-state index contributed by atoms with van der Waals surface area (Å²) in [4.78, 5) is 28.4. The molecule has 1 aromatic carbocycles. The second kappa shape index (κ2) is 9.96. The van der Waals surface area contributed by atoms with E-state index in [4.69, 9.17) is 11.6 Å². The van der Waals surface area contributed by atoms with Crippen LogP contribution in [-0.2, 0) is 16.0 Å². The molecule has 1 saturated heterocycles. The lowest BCUT2D eigenvalue weighted by Crippen LogP contribution is -2.65. The quantitative estimate of drug-likeness (QED) is 0.576. The largest absolute Gasteiger partial charge is 0.349 e. The number of amides is 2. The maximum atomic E-state index is 13.6. The van der Waals surface area contributed by atoms with Gasteiger partial charge in [-0.2, -0.15) is 0 Å². The van der Waals surface area contributed by atoms with Crippen LogP contribution in [0.4, 0.5) is 0 Å². The van der Waals surface area contributed by atoms with Crippen LogP contribution in [0.2, 0.25) is 5.02 Å². The highest BCUT2D eigenvalue weighted by molar-refractivity contribution is 6.30.